The average molecular weight is 190 g/mol. The predicted molar refractivity (Wildman–Crippen MR) is 50.6 cm³/mol. The molecule has 1 heterocycles. The number of carbonyl (C=O) groups excluding carboxylic acids is 2. The molecule has 1 atom stereocenters. The van der Waals surface area contributed by atoms with Crippen LogP contribution in [0.2, 0.25) is 0 Å². The van der Waals surface area contributed by atoms with E-state index in [1.165, 1.54) is 0 Å². The Morgan fingerprint density at radius 1 is 1.21 bits per heavy atom. The lowest BCUT2D eigenvalue weighted by Gasteiger charge is -2.09. The van der Waals surface area contributed by atoms with Gasteiger partial charge in [0.05, 0.1) is 0 Å². The van der Waals surface area contributed by atoms with E-state index < -0.39 is 12.1 Å². The van der Waals surface area contributed by atoms with E-state index in [-0.39, 0.29) is 5.91 Å². The molecule has 3 amide bonds. The summed E-state index contributed by atoms with van der Waals surface area (Å²) in [6.07, 6.45) is 0. The molecule has 4 nitrogen and oxygen atoms in total. The maximum atomic E-state index is 11.3. The van der Waals surface area contributed by atoms with Gasteiger partial charge < -0.3 is 5.32 Å². The van der Waals surface area contributed by atoms with E-state index in [2.05, 4.69) is 10.6 Å². The predicted octanol–water partition coefficient (Wildman–Crippen LogP) is 0.876. The quantitative estimate of drug-likeness (QED) is 0.646. The van der Waals surface area contributed by atoms with Gasteiger partial charge in [-0.2, -0.15) is 0 Å². The standard InChI is InChI=1S/C10H10N2O2/c1-6-4-2-3-5-7(6)8-9(13)12-10(14)11-8/h2-5,8H,1H3,(H2,11,12,13,14)/t8-/m0/s1. The van der Waals surface area contributed by atoms with Gasteiger partial charge in [0.2, 0.25) is 0 Å². The molecule has 1 saturated heterocycles. The number of aryl methyl sites for hydroxylation is 1. The molecule has 14 heavy (non-hydrogen) atoms. The summed E-state index contributed by atoms with van der Waals surface area (Å²) in [5, 5.41) is 4.76. The Labute approximate surface area is 81.3 Å². The van der Waals surface area contributed by atoms with Crippen molar-refractivity contribution in [3.05, 3.63) is 35.4 Å². The van der Waals surface area contributed by atoms with Crippen LogP contribution < -0.4 is 10.6 Å². The highest BCUT2D eigenvalue weighted by Crippen LogP contribution is 2.19. The smallest absolute Gasteiger partial charge is 0.322 e. The SMILES string of the molecule is Cc1ccccc1[C@@H]1NC(=O)NC1=O. The van der Waals surface area contributed by atoms with Crippen LogP contribution in [0.1, 0.15) is 17.2 Å². The van der Waals surface area contributed by atoms with Crippen LogP contribution in [0, 0.1) is 6.92 Å². The number of benzene rings is 1. The van der Waals surface area contributed by atoms with Crippen molar-refractivity contribution in [3.63, 3.8) is 0 Å². The van der Waals surface area contributed by atoms with Gasteiger partial charge in [-0.15, -0.1) is 0 Å². The second kappa shape index (κ2) is 3.14. The number of hydrogen-bond acceptors (Lipinski definition) is 2. The highest BCUT2D eigenvalue weighted by molar-refractivity contribution is 6.04. The lowest BCUT2D eigenvalue weighted by molar-refractivity contribution is -0.120. The molecular formula is C10H10N2O2. The number of hydrogen-bond donors (Lipinski definition) is 2. The largest absolute Gasteiger partial charge is 0.322 e. The molecule has 2 N–H and O–H groups in total. The summed E-state index contributed by atoms with van der Waals surface area (Å²) < 4.78 is 0. The fraction of sp³-hybridized carbons (Fsp3) is 0.200. The second-order valence-corrected chi connectivity index (χ2v) is 3.25. The Morgan fingerprint density at radius 2 is 1.93 bits per heavy atom. The Morgan fingerprint density at radius 3 is 2.50 bits per heavy atom. The van der Waals surface area contributed by atoms with Gasteiger partial charge in [-0.1, -0.05) is 24.3 Å². The van der Waals surface area contributed by atoms with Crippen LogP contribution >= 0.6 is 0 Å². The zero-order valence-electron chi connectivity index (χ0n) is 7.70. The first-order valence-electron chi connectivity index (χ1n) is 4.35. The zero-order chi connectivity index (χ0) is 10.1. The minimum atomic E-state index is -0.538. The number of urea groups is 1. The van der Waals surface area contributed by atoms with Crippen LogP contribution in [-0.4, -0.2) is 11.9 Å². The highest BCUT2D eigenvalue weighted by atomic mass is 16.2. The van der Waals surface area contributed by atoms with Crippen molar-refractivity contribution in [1.82, 2.24) is 10.6 Å². The fourth-order valence-corrected chi connectivity index (χ4v) is 1.55. The average Bonchev–Trinajstić information content (AvgIpc) is 2.46. The molecule has 0 saturated carbocycles. The van der Waals surface area contributed by atoms with Gasteiger partial charge in [0.15, 0.2) is 0 Å². The molecule has 72 valence electrons. The van der Waals surface area contributed by atoms with E-state index in [1.54, 1.807) is 0 Å². The molecule has 1 fully saturated rings. The van der Waals surface area contributed by atoms with Gasteiger partial charge in [-0.3, -0.25) is 10.1 Å². The lowest BCUT2D eigenvalue weighted by atomic mass is 10.0. The molecule has 1 aromatic rings. The van der Waals surface area contributed by atoms with Gasteiger partial charge >= 0.3 is 6.03 Å². The summed E-state index contributed by atoms with van der Waals surface area (Å²) in [5.74, 6) is -0.288. The maximum absolute atomic E-state index is 11.3. The van der Waals surface area contributed by atoms with Crippen molar-refractivity contribution in [2.45, 2.75) is 13.0 Å². The lowest BCUT2D eigenvalue weighted by Crippen LogP contribution is -2.22. The van der Waals surface area contributed by atoms with Crippen LogP contribution in [0.25, 0.3) is 0 Å². The molecule has 0 spiro atoms. The van der Waals surface area contributed by atoms with Crippen LogP contribution in [-0.2, 0) is 4.79 Å². The van der Waals surface area contributed by atoms with Gasteiger partial charge in [0.25, 0.3) is 5.91 Å². The minimum Gasteiger partial charge on any atom is -0.322 e. The van der Waals surface area contributed by atoms with Gasteiger partial charge in [0.1, 0.15) is 6.04 Å². The number of nitrogens with one attached hydrogen (secondary N) is 2. The Bertz CT molecular complexity index is 401. The molecular weight excluding hydrogens is 180 g/mol. The van der Waals surface area contributed by atoms with Gasteiger partial charge in [0, 0.05) is 0 Å². The van der Waals surface area contributed by atoms with E-state index in [0.29, 0.717) is 0 Å². The number of carbonyl (C=O) groups is 2. The second-order valence-electron chi connectivity index (χ2n) is 3.25. The van der Waals surface area contributed by atoms with Gasteiger partial charge in [-0.05, 0) is 18.1 Å². The monoisotopic (exact) mass is 190 g/mol. The van der Waals surface area contributed by atoms with Crippen molar-refractivity contribution in [1.29, 1.82) is 0 Å². The highest BCUT2D eigenvalue weighted by Gasteiger charge is 2.31. The van der Waals surface area contributed by atoms with E-state index >= 15 is 0 Å². The zero-order valence-corrected chi connectivity index (χ0v) is 7.70. The Balaban J connectivity index is 2.36. The molecule has 1 aliphatic heterocycles. The van der Waals surface area contributed by atoms with E-state index in [4.69, 9.17) is 0 Å². The summed E-state index contributed by atoms with van der Waals surface area (Å²) in [5.41, 5.74) is 1.84. The maximum Gasteiger partial charge on any atom is 0.322 e. The molecule has 0 radical (unpaired) electrons. The Kier molecular flexibility index (Phi) is 1.96. The summed E-state index contributed by atoms with van der Waals surface area (Å²) >= 11 is 0. The third kappa shape index (κ3) is 1.35. The number of rotatable bonds is 1. The molecule has 1 aliphatic rings. The minimum absolute atomic E-state index is 0.288. The third-order valence-electron chi connectivity index (χ3n) is 2.27. The van der Waals surface area contributed by atoms with E-state index in [1.807, 2.05) is 31.2 Å². The number of imide groups is 1. The first-order valence-corrected chi connectivity index (χ1v) is 4.35. The molecule has 1 aromatic carbocycles. The van der Waals surface area contributed by atoms with Crippen LogP contribution in [0.15, 0.2) is 24.3 Å². The Hall–Kier alpha value is -1.84. The first kappa shape index (κ1) is 8.74. The molecule has 0 unspecified atom stereocenters. The molecule has 0 bridgehead atoms. The molecule has 0 aliphatic carbocycles. The summed E-state index contributed by atoms with van der Waals surface area (Å²) in [4.78, 5) is 22.2. The number of amides is 3. The normalized spacial score (nSPS) is 20.5. The topological polar surface area (TPSA) is 58.2 Å². The van der Waals surface area contributed by atoms with Crippen LogP contribution in [0.5, 0.6) is 0 Å². The van der Waals surface area contributed by atoms with Crippen molar-refractivity contribution < 1.29 is 9.59 Å². The van der Waals surface area contributed by atoms with Crippen molar-refractivity contribution in [3.8, 4) is 0 Å². The van der Waals surface area contributed by atoms with Crippen molar-refractivity contribution in [2.24, 2.45) is 0 Å². The summed E-state index contributed by atoms with van der Waals surface area (Å²) in [7, 11) is 0. The van der Waals surface area contributed by atoms with Crippen molar-refractivity contribution >= 4 is 11.9 Å². The fourth-order valence-electron chi connectivity index (χ4n) is 1.55. The van der Waals surface area contributed by atoms with E-state index in [0.717, 1.165) is 11.1 Å². The summed E-state index contributed by atoms with van der Waals surface area (Å²) in [6.45, 7) is 1.91. The molecule has 0 aromatic heterocycles. The van der Waals surface area contributed by atoms with E-state index in [9.17, 15) is 9.59 Å². The van der Waals surface area contributed by atoms with Gasteiger partial charge in [-0.25, -0.2) is 4.79 Å². The van der Waals surface area contributed by atoms with Crippen LogP contribution in [0.3, 0.4) is 0 Å². The first-order chi connectivity index (χ1) is 6.68. The molecule has 2 rings (SSSR count). The van der Waals surface area contributed by atoms with Crippen LogP contribution in [0.4, 0.5) is 4.79 Å². The molecule has 4 heteroatoms. The summed E-state index contributed by atoms with van der Waals surface area (Å²) in [6, 6.07) is 6.53. The van der Waals surface area contributed by atoms with Crippen molar-refractivity contribution in [2.75, 3.05) is 0 Å². The third-order valence-corrected chi connectivity index (χ3v) is 2.27.